The van der Waals surface area contributed by atoms with Crippen LogP contribution >= 0.6 is 11.3 Å². The molecular weight excluding hydrogens is 244 g/mol. The third-order valence-corrected chi connectivity index (χ3v) is 3.06. The van der Waals surface area contributed by atoms with Crippen molar-refractivity contribution in [2.45, 2.75) is 0 Å². The van der Waals surface area contributed by atoms with Crippen LogP contribution in [-0.4, -0.2) is 19.3 Å². The molecule has 3 rings (SSSR count). The van der Waals surface area contributed by atoms with E-state index in [-0.39, 0.29) is 16.2 Å². The summed E-state index contributed by atoms with van der Waals surface area (Å²) in [4.78, 5) is 29.6. The van der Waals surface area contributed by atoms with E-state index in [0.717, 1.165) is 11.3 Å². The molecule has 3 heterocycles. The summed E-state index contributed by atoms with van der Waals surface area (Å²) in [6.45, 7) is 0. The number of aromatic nitrogens is 3. The van der Waals surface area contributed by atoms with E-state index in [4.69, 9.17) is 0 Å². The minimum Gasteiger partial charge on any atom is -0.279 e. The molecule has 0 radical (unpaired) electrons. The molecule has 0 saturated heterocycles. The lowest BCUT2D eigenvalue weighted by Crippen LogP contribution is -2.02. The van der Waals surface area contributed by atoms with Crippen molar-refractivity contribution in [3.63, 3.8) is 0 Å². The topological polar surface area (TPSA) is 90.4 Å². The number of hydrogen-bond acceptors (Lipinski definition) is 6. The Morgan fingerprint density at radius 3 is 3.06 bits per heavy atom. The van der Waals surface area contributed by atoms with Crippen LogP contribution in [0, 0.1) is 10.1 Å². The second-order valence-electron chi connectivity index (χ2n) is 3.27. The maximum absolute atomic E-state index is 11.2. The van der Waals surface area contributed by atoms with Gasteiger partial charge in [0, 0.05) is 12.3 Å². The van der Waals surface area contributed by atoms with Crippen molar-refractivity contribution in [2.75, 3.05) is 0 Å². The molecule has 8 heteroatoms. The van der Waals surface area contributed by atoms with Crippen LogP contribution < -0.4 is 4.87 Å². The highest BCUT2D eigenvalue weighted by molar-refractivity contribution is 7.12. The highest BCUT2D eigenvalue weighted by Gasteiger charge is 2.18. The molecule has 0 atom stereocenters. The normalized spacial score (nSPS) is 11.1. The van der Waals surface area contributed by atoms with Crippen LogP contribution in [0.4, 0.5) is 5.69 Å². The first-order valence-corrected chi connectivity index (χ1v) is 5.40. The zero-order valence-corrected chi connectivity index (χ0v) is 9.05. The van der Waals surface area contributed by atoms with Crippen LogP contribution in [0.15, 0.2) is 29.3 Å². The summed E-state index contributed by atoms with van der Waals surface area (Å²) in [5, 5.41) is 10.8. The van der Waals surface area contributed by atoms with E-state index >= 15 is 0 Å². The minimum absolute atomic E-state index is 0.116. The molecule has 1 aromatic rings. The van der Waals surface area contributed by atoms with Gasteiger partial charge in [0.1, 0.15) is 0 Å². The maximum atomic E-state index is 11.2. The average molecular weight is 248 g/mol. The molecule has 0 fully saturated rings. The van der Waals surface area contributed by atoms with Crippen molar-refractivity contribution >= 4 is 22.7 Å². The largest absolute Gasteiger partial charge is 0.329 e. The first kappa shape index (κ1) is 9.85. The van der Waals surface area contributed by atoms with Crippen molar-refractivity contribution in [1.82, 2.24) is 14.4 Å². The van der Waals surface area contributed by atoms with Gasteiger partial charge < -0.3 is 0 Å². The monoisotopic (exact) mass is 248 g/mol. The highest BCUT2D eigenvalue weighted by atomic mass is 32.1. The Bertz CT molecular complexity index is 762. The molecule has 0 unspecified atom stereocenters. The molecule has 0 aliphatic carbocycles. The summed E-state index contributed by atoms with van der Waals surface area (Å²) in [5.41, 5.74) is 0.0603. The summed E-state index contributed by atoms with van der Waals surface area (Å²) < 4.78 is 1.45. The molecule has 0 amide bonds. The molecule has 0 saturated carbocycles. The predicted molar refractivity (Wildman–Crippen MR) is 60.4 cm³/mol. The second kappa shape index (κ2) is 3.32. The van der Waals surface area contributed by atoms with Gasteiger partial charge in [0.2, 0.25) is 5.65 Å². The molecule has 17 heavy (non-hydrogen) atoms. The fraction of sp³-hybridized carbons (Fsp3) is 0. The maximum Gasteiger partial charge on any atom is 0.329 e. The first-order chi connectivity index (χ1) is 8.16. The zero-order chi connectivity index (χ0) is 12.0. The Morgan fingerprint density at radius 1 is 1.47 bits per heavy atom. The van der Waals surface area contributed by atoms with Crippen LogP contribution in [0.1, 0.15) is 0 Å². The summed E-state index contributed by atoms with van der Waals surface area (Å²) in [7, 11) is 0. The Morgan fingerprint density at radius 2 is 2.29 bits per heavy atom. The third kappa shape index (κ3) is 1.38. The van der Waals surface area contributed by atoms with Gasteiger partial charge in [-0.1, -0.05) is 11.3 Å². The van der Waals surface area contributed by atoms with Gasteiger partial charge in [0.05, 0.1) is 16.0 Å². The summed E-state index contributed by atoms with van der Waals surface area (Å²) in [6.07, 6.45) is 3.02. The van der Waals surface area contributed by atoms with Crippen LogP contribution in [0.25, 0.3) is 16.3 Å². The molecule has 2 aliphatic rings. The van der Waals surface area contributed by atoms with E-state index in [1.807, 2.05) is 0 Å². The SMILES string of the molecule is O=c1nc2n3cccc([N+](=O)[O-])c3ncc-2s1. The fourth-order valence-electron chi connectivity index (χ4n) is 1.61. The van der Waals surface area contributed by atoms with Crippen molar-refractivity contribution in [2.24, 2.45) is 0 Å². The van der Waals surface area contributed by atoms with E-state index in [1.165, 1.54) is 22.7 Å². The average Bonchev–Trinajstić information content (AvgIpc) is 2.68. The molecule has 0 spiro atoms. The van der Waals surface area contributed by atoms with Gasteiger partial charge in [-0.15, -0.1) is 0 Å². The van der Waals surface area contributed by atoms with Gasteiger partial charge in [0.15, 0.2) is 5.82 Å². The first-order valence-electron chi connectivity index (χ1n) is 4.58. The van der Waals surface area contributed by atoms with E-state index in [1.54, 1.807) is 6.20 Å². The molecular formula is C9H4N4O3S. The smallest absolute Gasteiger partial charge is 0.279 e. The number of hydrogen-bond donors (Lipinski definition) is 0. The minimum atomic E-state index is -0.515. The molecule has 84 valence electrons. The highest BCUT2D eigenvalue weighted by Crippen LogP contribution is 2.25. The van der Waals surface area contributed by atoms with Gasteiger partial charge in [0.25, 0.3) is 0 Å². The second-order valence-corrected chi connectivity index (χ2v) is 4.26. The fourth-order valence-corrected chi connectivity index (χ4v) is 2.27. The summed E-state index contributed by atoms with van der Waals surface area (Å²) in [5.74, 6) is 0.397. The Balaban J connectivity index is 2.52. The van der Waals surface area contributed by atoms with Crippen LogP contribution in [-0.2, 0) is 0 Å². The molecule has 0 aromatic carbocycles. The number of rotatable bonds is 1. The number of nitro groups is 1. The van der Waals surface area contributed by atoms with E-state index in [0.29, 0.717) is 10.7 Å². The van der Waals surface area contributed by atoms with Gasteiger partial charge in [-0.2, -0.15) is 4.98 Å². The van der Waals surface area contributed by atoms with Crippen LogP contribution in [0.5, 0.6) is 0 Å². The van der Waals surface area contributed by atoms with Gasteiger partial charge >= 0.3 is 10.6 Å². The van der Waals surface area contributed by atoms with E-state index < -0.39 is 4.92 Å². The summed E-state index contributed by atoms with van der Waals surface area (Å²) in [6, 6.07) is 2.88. The lowest BCUT2D eigenvalue weighted by molar-refractivity contribution is -0.383. The number of thiazole rings is 1. The van der Waals surface area contributed by atoms with Crippen molar-refractivity contribution < 1.29 is 4.92 Å². The van der Waals surface area contributed by atoms with Gasteiger partial charge in [-0.05, 0) is 6.07 Å². The van der Waals surface area contributed by atoms with E-state index in [2.05, 4.69) is 9.97 Å². The van der Waals surface area contributed by atoms with Gasteiger partial charge in [-0.25, -0.2) is 4.98 Å². The van der Waals surface area contributed by atoms with Crippen LogP contribution in [0.3, 0.4) is 0 Å². The number of nitrogens with zero attached hydrogens (tertiary/aromatic N) is 4. The Kier molecular flexibility index (Phi) is 1.92. The van der Waals surface area contributed by atoms with Crippen LogP contribution in [0.2, 0.25) is 0 Å². The van der Waals surface area contributed by atoms with Crippen molar-refractivity contribution in [3.8, 4) is 10.7 Å². The third-order valence-electron chi connectivity index (χ3n) is 2.29. The van der Waals surface area contributed by atoms with E-state index in [9.17, 15) is 14.9 Å². The van der Waals surface area contributed by atoms with Crippen molar-refractivity contribution in [3.05, 3.63) is 44.3 Å². The number of pyridine rings is 1. The molecule has 0 bridgehead atoms. The number of fused-ring (bicyclic) bond motifs is 3. The summed E-state index contributed by atoms with van der Waals surface area (Å²) >= 11 is 0.961. The lowest BCUT2D eigenvalue weighted by atomic mass is 10.3. The molecule has 1 aromatic heterocycles. The van der Waals surface area contributed by atoms with Gasteiger partial charge in [-0.3, -0.25) is 19.3 Å². The zero-order valence-electron chi connectivity index (χ0n) is 8.23. The molecule has 0 N–H and O–H groups in total. The Labute approximate surface area is 97.5 Å². The predicted octanol–water partition coefficient (Wildman–Crippen LogP) is 1.16. The van der Waals surface area contributed by atoms with Crippen molar-refractivity contribution in [1.29, 1.82) is 0 Å². The lowest BCUT2D eigenvalue weighted by Gasteiger charge is -2.04. The Hall–Kier alpha value is -2.35. The quantitative estimate of drug-likeness (QED) is 0.476. The molecule has 7 nitrogen and oxygen atoms in total. The standard InChI is InChI=1S/C9H4N4O3S/c14-9-11-8-6(17-9)4-10-7-5(13(15)16)2-1-3-12(7)8/h1-4H. The molecule has 2 aliphatic heterocycles.